The van der Waals surface area contributed by atoms with Crippen molar-refractivity contribution in [2.45, 2.75) is 19.5 Å². The SMILES string of the molecule is O=C(NCc1ccc(N2CCc3ccccc3C2)nc1)c1ccc([N+](=O)[O-])cc1. The number of non-ortho nitro benzene ring substituents is 1. The number of amides is 1. The van der Waals surface area contributed by atoms with Gasteiger partial charge in [-0.2, -0.15) is 0 Å². The van der Waals surface area contributed by atoms with Crippen LogP contribution in [0.25, 0.3) is 0 Å². The number of nitro groups is 1. The van der Waals surface area contributed by atoms with Crippen molar-refractivity contribution in [3.63, 3.8) is 0 Å². The number of carbonyl (C=O) groups is 1. The normalized spacial score (nSPS) is 12.9. The molecule has 1 N–H and O–H groups in total. The molecule has 2 aromatic carbocycles. The van der Waals surface area contributed by atoms with Crippen LogP contribution in [0.1, 0.15) is 27.0 Å². The molecule has 0 aliphatic carbocycles. The minimum atomic E-state index is -0.490. The van der Waals surface area contributed by atoms with Crippen LogP contribution in [-0.4, -0.2) is 22.4 Å². The van der Waals surface area contributed by atoms with Gasteiger partial charge in [-0.1, -0.05) is 30.3 Å². The van der Waals surface area contributed by atoms with E-state index in [1.165, 1.54) is 35.4 Å². The molecule has 1 aliphatic heterocycles. The quantitative estimate of drug-likeness (QED) is 0.534. The van der Waals surface area contributed by atoms with E-state index in [0.717, 1.165) is 30.9 Å². The molecule has 0 saturated carbocycles. The lowest BCUT2D eigenvalue weighted by atomic mass is 10.00. The number of fused-ring (bicyclic) bond motifs is 1. The highest BCUT2D eigenvalue weighted by molar-refractivity contribution is 5.94. The fourth-order valence-corrected chi connectivity index (χ4v) is 3.42. The van der Waals surface area contributed by atoms with E-state index >= 15 is 0 Å². The molecule has 0 spiro atoms. The van der Waals surface area contributed by atoms with Crippen molar-refractivity contribution in [3.05, 3.63) is 99.2 Å². The number of nitro benzene ring substituents is 1. The molecule has 0 fully saturated rings. The highest BCUT2D eigenvalue weighted by atomic mass is 16.6. The van der Waals surface area contributed by atoms with Crippen LogP contribution in [0.5, 0.6) is 0 Å². The molecule has 7 heteroatoms. The standard InChI is InChI=1S/C22H20N4O3/c27-22(18-6-8-20(9-7-18)26(28)29)24-14-16-5-10-21(23-13-16)25-12-11-17-3-1-2-4-19(17)15-25/h1-10,13H,11-12,14-15H2,(H,24,27). The van der Waals surface area contributed by atoms with Gasteiger partial charge in [-0.15, -0.1) is 0 Å². The highest BCUT2D eigenvalue weighted by Crippen LogP contribution is 2.23. The molecule has 0 bridgehead atoms. The second kappa shape index (κ2) is 8.10. The summed E-state index contributed by atoms with van der Waals surface area (Å²) in [5, 5.41) is 13.5. The first kappa shape index (κ1) is 18.6. The molecule has 1 aromatic heterocycles. The topological polar surface area (TPSA) is 88.4 Å². The van der Waals surface area contributed by atoms with Crippen molar-refractivity contribution in [3.8, 4) is 0 Å². The fourth-order valence-electron chi connectivity index (χ4n) is 3.42. The van der Waals surface area contributed by atoms with Crippen LogP contribution >= 0.6 is 0 Å². The Balaban J connectivity index is 1.35. The van der Waals surface area contributed by atoms with Crippen LogP contribution in [-0.2, 0) is 19.5 Å². The first-order valence-corrected chi connectivity index (χ1v) is 9.39. The van der Waals surface area contributed by atoms with E-state index in [1.807, 2.05) is 12.1 Å². The van der Waals surface area contributed by atoms with Crippen LogP contribution in [0.15, 0.2) is 66.9 Å². The van der Waals surface area contributed by atoms with Crippen LogP contribution in [0.3, 0.4) is 0 Å². The summed E-state index contributed by atoms with van der Waals surface area (Å²) in [6.07, 6.45) is 2.77. The van der Waals surface area contributed by atoms with Crippen LogP contribution < -0.4 is 10.2 Å². The Labute approximate surface area is 168 Å². The Hall–Kier alpha value is -3.74. The third-order valence-corrected chi connectivity index (χ3v) is 5.06. The second-order valence-corrected chi connectivity index (χ2v) is 6.95. The molecule has 0 radical (unpaired) electrons. The van der Waals surface area contributed by atoms with Crippen molar-refractivity contribution < 1.29 is 9.72 Å². The largest absolute Gasteiger partial charge is 0.352 e. The fraction of sp³-hybridized carbons (Fsp3) is 0.182. The maximum Gasteiger partial charge on any atom is 0.269 e. The average molecular weight is 388 g/mol. The van der Waals surface area contributed by atoms with Crippen LogP contribution in [0, 0.1) is 10.1 Å². The molecule has 0 atom stereocenters. The van der Waals surface area contributed by atoms with Crippen LogP contribution in [0.4, 0.5) is 11.5 Å². The Morgan fingerprint density at radius 2 is 1.83 bits per heavy atom. The lowest BCUT2D eigenvalue weighted by Crippen LogP contribution is -2.31. The first-order valence-electron chi connectivity index (χ1n) is 9.39. The monoisotopic (exact) mass is 388 g/mol. The smallest absolute Gasteiger partial charge is 0.269 e. The third kappa shape index (κ3) is 4.24. The summed E-state index contributed by atoms with van der Waals surface area (Å²) in [5.74, 6) is 0.640. The molecular formula is C22H20N4O3. The predicted molar refractivity (Wildman–Crippen MR) is 110 cm³/mol. The summed E-state index contributed by atoms with van der Waals surface area (Å²) >= 11 is 0. The summed E-state index contributed by atoms with van der Waals surface area (Å²) in [6.45, 7) is 2.12. The van der Waals surface area contributed by atoms with Crippen molar-refractivity contribution in [1.29, 1.82) is 0 Å². The Bertz CT molecular complexity index is 1030. The first-order chi connectivity index (χ1) is 14.1. The Morgan fingerprint density at radius 1 is 1.07 bits per heavy atom. The average Bonchev–Trinajstić information content (AvgIpc) is 2.77. The molecule has 29 heavy (non-hydrogen) atoms. The molecule has 3 aromatic rings. The van der Waals surface area contributed by atoms with E-state index in [2.05, 4.69) is 39.5 Å². The van der Waals surface area contributed by atoms with E-state index < -0.39 is 4.92 Å². The van der Waals surface area contributed by atoms with E-state index in [4.69, 9.17) is 0 Å². The molecule has 0 saturated heterocycles. The lowest BCUT2D eigenvalue weighted by molar-refractivity contribution is -0.384. The number of rotatable bonds is 5. The Morgan fingerprint density at radius 3 is 2.52 bits per heavy atom. The summed E-state index contributed by atoms with van der Waals surface area (Å²) in [4.78, 5) is 29.2. The third-order valence-electron chi connectivity index (χ3n) is 5.06. The van der Waals surface area contributed by atoms with Gasteiger partial charge in [0.2, 0.25) is 0 Å². The number of hydrogen-bond acceptors (Lipinski definition) is 5. The van der Waals surface area contributed by atoms with Gasteiger partial charge in [-0.3, -0.25) is 14.9 Å². The van der Waals surface area contributed by atoms with Crippen LogP contribution in [0.2, 0.25) is 0 Å². The maximum absolute atomic E-state index is 12.2. The van der Waals surface area contributed by atoms with Gasteiger partial charge >= 0.3 is 0 Å². The zero-order valence-corrected chi connectivity index (χ0v) is 15.7. The molecule has 0 unspecified atom stereocenters. The number of anilines is 1. The molecular weight excluding hydrogens is 368 g/mol. The van der Waals surface area contributed by atoms with Crippen molar-refractivity contribution in [2.24, 2.45) is 0 Å². The van der Waals surface area contributed by atoms with Gasteiger partial charge in [0, 0.05) is 43.5 Å². The number of pyridine rings is 1. The number of benzene rings is 2. The molecule has 2 heterocycles. The van der Waals surface area contributed by atoms with Crippen molar-refractivity contribution >= 4 is 17.4 Å². The number of hydrogen-bond donors (Lipinski definition) is 1. The molecule has 1 aliphatic rings. The van der Waals surface area contributed by atoms with Gasteiger partial charge in [0.1, 0.15) is 5.82 Å². The summed E-state index contributed by atoms with van der Waals surface area (Å²) < 4.78 is 0. The van der Waals surface area contributed by atoms with Gasteiger partial charge in [0.15, 0.2) is 0 Å². The number of nitrogens with zero attached hydrogens (tertiary/aromatic N) is 3. The van der Waals surface area contributed by atoms with Gasteiger partial charge < -0.3 is 10.2 Å². The predicted octanol–water partition coefficient (Wildman–Crippen LogP) is 3.48. The van der Waals surface area contributed by atoms with Crippen molar-refractivity contribution in [1.82, 2.24) is 10.3 Å². The molecule has 1 amide bonds. The second-order valence-electron chi connectivity index (χ2n) is 6.95. The zero-order valence-electron chi connectivity index (χ0n) is 15.7. The number of nitrogens with one attached hydrogen (secondary N) is 1. The summed E-state index contributed by atoms with van der Waals surface area (Å²) in [7, 11) is 0. The molecule has 4 rings (SSSR count). The Kier molecular flexibility index (Phi) is 5.20. The van der Waals surface area contributed by atoms with E-state index in [1.54, 1.807) is 6.20 Å². The van der Waals surface area contributed by atoms with Gasteiger partial charge in [-0.05, 0) is 41.3 Å². The minimum Gasteiger partial charge on any atom is -0.352 e. The van der Waals surface area contributed by atoms with E-state index in [-0.39, 0.29) is 11.6 Å². The van der Waals surface area contributed by atoms with Gasteiger partial charge in [0.05, 0.1) is 4.92 Å². The maximum atomic E-state index is 12.2. The summed E-state index contributed by atoms with van der Waals surface area (Å²) in [6, 6.07) is 17.9. The van der Waals surface area contributed by atoms with E-state index in [0.29, 0.717) is 12.1 Å². The lowest BCUT2D eigenvalue weighted by Gasteiger charge is -2.29. The number of carbonyl (C=O) groups excluding carboxylic acids is 1. The zero-order chi connectivity index (χ0) is 20.2. The summed E-state index contributed by atoms with van der Waals surface area (Å²) in [5.41, 5.74) is 3.96. The molecule has 7 nitrogen and oxygen atoms in total. The van der Waals surface area contributed by atoms with E-state index in [9.17, 15) is 14.9 Å². The molecule has 146 valence electrons. The van der Waals surface area contributed by atoms with Gasteiger partial charge in [0.25, 0.3) is 11.6 Å². The number of aromatic nitrogens is 1. The van der Waals surface area contributed by atoms with Crippen molar-refractivity contribution in [2.75, 3.05) is 11.4 Å². The highest BCUT2D eigenvalue weighted by Gasteiger charge is 2.17. The minimum absolute atomic E-state index is 0.0401. The van der Waals surface area contributed by atoms with Gasteiger partial charge in [-0.25, -0.2) is 4.98 Å².